The van der Waals surface area contributed by atoms with Crippen LogP contribution in [0.5, 0.6) is 0 Å². The molecule has 0 bridgehead atoms. The first kappa shape index (κ1) is 33.8. The molecule has 0 amide bonds. The quantitative estimate of drug-likeness (QED) is 0.174. The summed E-state index contributed by atoms with van der Waals surface area (Å²) in [6.07, 6.45) is 8.21. The van der Waals surface area contributed by atoms with Gasteiger partial charge in [0.1, 0.15) is 11.2 Å². The van der Waals surface area contributed by atoms with Crippen LogP contribution in [0.25, 0.3) is 116 Å². The zero-order valence-corrected chi connectivity index (χ0v) is 33.0. The van der Waals surface area contributed by atoms with Gasteiger partial charge in [-0.1, -0.05) is 133 Å². The highest BCUT2D eigenvalue weighted by molar-refractivity contribution is 6.21. The van der Waals surface area contributed by atoms with Crippen LogP contribution in [-0.2, 0) is 0 Å². The van der Waals surface area contributed by atoms with Gasteiger partial charge in [-0.15, -0.1) is 0 Å². The monoisotopic (exact) mass is 781 g/mol. The van der Waals surface area contributed by atoms with Crippen LogP contribution in [0, 0.1) is 0 Å². The first-order chi connectivity index (χ1) is 30.2. The Morgan fingerprint density at radius 2 is 1.07 bits per heavy atom. The van der Waals surface area contributed by atoms with E-state index in [1.807, 2.05) is 18.2 Å². The molecule has 286 valence electrons. The van der Waals surface area contributed by atoms with Gasteiger partial charge in [0, 0.05) is 54.6 Å². The van der Waals surface area contributed by atoms with Crippen molar-refractivity contribution in [1.82, 2.24) is 24.1 Å². The topological polar surface area (TPSA) is 61.7 Å². The van der Waals surface area contributed by atoms with Gasteiger partial charge in [-0.3, -0.25) is 0 Å². The van der Waals surface area contributed by atoms with Crippen molar-refractivity contribution in [3.05, 3.63) is 194 Å². The number of benzene rings is 8. The first-order valence-corrected chi connectivity index (χ1v) is 20.8. The average molecular weight is 782 g/mol. The van der Waals surface area contributed by atoms with E-state index in [1.165, 1.54) is 27.1 Å². The number of allylic oxidation sites excluding steroid dienone is 4. The summed E-state index contributed by atoms with van der Waals surface area (Å²) in [6.45, 7) is 0. The molecule has 0 atom stereocenters. The molecule has 13 rings (SSSR count). The molecule has 4 aromatic heterocycles. The summed E-state index contributed by atoms with van der Waals surface area (Å²) in [5, 5.41) is 9.06. The molecule has 1 aliphatic rings. The minimum atomic E-state index is 0.571. The van der Waals surface area contributed by atoms with Gasteiger partial charge >= 0.3 is 0 Å². The molecule has 0 radical (unpaired) electrons. The van der Waals surface area contributed by atoms with Gasteiger partial charge in [0.25, 0.3) is 0 Å². The lowest BCUT2D eigenvalue weighted by atomic mass is 10.0. The van der Waals surface area contributed by atoms with Gasteiger partial charge in [-0.05, 0) is 78.4 Å². The van der Waals surface area contributed by atoms with Crippen LogP contribution >= 0.6 is 0 Å². The second-order valence-corrected chi connectivity index (χ2v) is 15.9. The number of fused-ring (bicyclic) bond motifs is 11. The number of para-hydroxylation sites is 3. The maximum Gasteiger partial charge on any atom is 0.167 e. The Bertz CT molecular complexity index is 3810. The van der Waals surface area contributed by atoms with Gasteiger partial charge in [-0.25, -0.2) is 15.0 Å². The molecule has 0 aliphatic heterocycles. The fourth-order valence-corrected chi connectivity index (χ4v) is 9.60. The van der Waals surface area contributed by atoms with E-state index in [9.17, 15) is 0 Å². The molecule has 6 heteroatoms. The van der Waals surface area contributed by atoms with Crippen molar-refractivity contribution in [2.75, 3.05) is 0 Å². The molecule has 4 heterocycles. The third-order valence-electron chi connectivity index (χ3n) is 12.4. The first-order valence-electron chi connectivity index (χ1n) is 20.8. The number of hydrogen-bond donors (Lipinski definition) is 0. The van der Waals surface area contributed by atoms with Crippen LogP contribution < -0.4 is 0 Å². The maximum atomic E-state index is 7.05. The van der Waals surface area contributed by atoms with Crippen LogP contribution in [0.1, 0.15) is 18.7 Å². The normalized spacial score (nSPS) is 13.1. The Hall–Kier alpha value is -8.09. The summed E-state index contributed by atoms with van der Waals surface area (Å²) in [6, 6.07) is 60.4. The molecule has 6 nitrogen and oxygen atoms in total. The molecule has 1 aliphatic carbocycles. The summed E-state index contributed by atoms with van der Waals surface area (Å²) < 4.78 is 11.8. The van der Waals surface area contributed by atoms with Crippen molar-refractivity contribution < 1.29 is 4.42 Å². The van der Waals surface area contributed by atoms with Crippen molar-refractivity contribution in [2.45, 2.75) is 12.8 Å². The third kappa shape index (κ3) is 5.19. The Morgan fingerprint density at radius 1 is 0.426 bits per heavy atom. The molecule has 0 unspecified atom stereocenters. The fourth-order valence-electron chi connectivity index (χ4n) is 9.60. The smallest absolute Gasteiger partial charge is 0.167 e. The summed E-state index contributed by atoms with van der Waals surface area (Å²) in [4.78, 5) is 15.7. The highest BCUT2D eigenvalue weighted by atomic mass is 16.3. The summed E-state index contributed by atoms with van der Waals surface area (Å²) in [7, 11) is 0. The van der Waals surface area contributed by atoms with Gasteiger partial charge in [0.05, 0.1) is 27.6 Å². The van der Waals surface area contributed by atoms with Crippen LogP contribution in [0.4, 0.5) is 0 Å². The Kier molecular flexibility index (Phi) is 7.33. The molecule has 0 N–H and O–H groups in total. The van der Waals surface area contributed by atoms with Crippen molar-refractivity contribution in [3.8, 4) is 34.2 Å². The molecule has 0 spiro atoms. The van der Waals surface area contributed by atoms with Gasteiger partial charge in [0.15, 0.2) is 17.5 Å². The van der Waals surface area contributed by atoms with Crippen LogP contribution in [0.2, 0.25) is 0 Å². The maximum absolute atomic E-state index is 7.05. The molecule has 8 aromatic carbocycles. The number of furan rings is 1. The molecular formula is C55H35N5O. The molecule has 12 aromatic rings. The summed E-state index contributed by atoms with van der Waals surface area (Å²) in [5.41, 5.74) is 11.1. The Morgan fingerprint density at radius 3 is 1.80 bits per heavy atom. The van der Waals surface area contributed by atoms with Crippen LogP contribution in [0.3, 0.4) is 0 Å². The summed E-state index contributed by atoms with van der Waals surface area (Å²) in [5.74, 6) is 1.88. The van der Waals surface area contributed by atoms with Crippen molar-refractivity contribution in [1.29, 1.82) is 0 Å². The van der Waals surface area contributed by atoms with E-state index in [2.05, 4.69) is 179 Å². The number of nitrogens with zero attached hydrogens (tertiary/aromatic N) is 5. The van der Waals surface area contributed by atoms with Crippen molar-refractivity contribution >= 4 is 81.9 Å². The Balaban J connectivity index is 1.16. The van der Waals surface area contributed by atoms with Gasteiger partial charge < -0.3 is 13.6 Å². The predicted octanol–water partition coefficient (Wildman–Crippen LogP) is 14.2. The van der Waals surface area contributed by atoms with E-state index in [0.717, 1.165) is 90.2 Å². The lowest BCUT2D eigenvalue weighted by Crippen LogP contribution is -2.04. The van der Waals surface area contributed by atoms with E-state index < -0.39 is 0 Å². The molecule has 0 fully saturated rings. The highest BCUT2D eigenvalue weighted by Crippen LogP contribution is 2.44. The average Bonchev–Trinajstić information content (AvgIpc) is 3.99. The standard InChI is InChI=1S/C55H35N5O/c1-4-17-35(18-5-1)53-56-54(36-19-6-2-7-20-36)58-55(57-53)46-31-38(30-45-42-29-28-34-16-10-11-23-39(34)51(42)61-52(45)46)60-48-27-15-13-25-41(48)44-32-43-40-24-12-14-26-47(40)59(49(43)33-50(44)60)37-21-8-3-9-22-37/h1-6,8-19,21-33H,7,20H2. The van der Waals surface area contributed by atoms with Crippen LogP contribution in [-0.4, -0.2) is 24.1 Å². The minimum absolute atomic E-state index is 0.571. The van der Waals surface area contributed by atoms with Gasteiger partial charge in [0.2, 0.25) is 0 Å². The SMILES string of the molecule is C1=CCCC(c2nc(-c3ccccc3)nc(-c3cc(-n4c5ccccc5c5cc6c7ccccc7n(-c7ccccc7)c6cc54)cc4c3oc3c5ccccc5ccc43)n2)=C1. The molecule has 61 heavy (non-hydrogen) atoms. The second kappa shape index (κ2) is 13.2. The van der Waals surface area contributed by atoms with E-state index in [-0.39, 0.29) is 0 Å². The van der Waals surface area contributed by atoms with E-state index in [1.54, 1.807) is 0 Å². The lowest BCUT2D eigenvalue weighted by Gasteiger charge is -2.14. The lowest BCUT2D eigenvalue weighted by molar-refractivity contribution is 0.673. The number of rotatable bonds is 5. The molecular weight excluding hydrogens is 747 g/mol. The van der Waals surface area contributed by atoms with Crippen LogP contribution in [0.15, 0.2) is 193 Å². The molecule has 0 saturated carbocycles. The molecule has 0 saturated heterocycles. The van der Waals surface area contributed by atoms with Crippen molar-refractivity contribution in [2.24, 2.45) is 0 Å². The third-order valence-corrected chi connectivity index (χ3v) is 12.4. The highest BCUT2D eigenvalue weighted by Gasteiger charge is 2.24. The Labute approximate surface area is 350 Å². The van der Waals surface area contributed by atoms with E-state index in [0.29, 0.717) is 17.5 Å². The van der Waals surface area contributed by atoms with Crippen molar-refractivity contribution in [3.63, 3.8) is 0 Å². The largest absolute Gasteiger partial charge is 0.455 e. The summed E-state index contributed by atoms with van der Waals surface area (Å²) >= 11 is 0. The van der Waals surface area contributed by atoms with E-state index >= 15 is 0 Å². The minimum Gasteiger partial charge on any atom is -0.455 e. The predicted molar refractivity (Wildman–Crippen MR) is 251 cm³/mol. The fraction of sp³-hybridized carbons (Fsp3) is 0.0364. The van der Waals surface area contributed by atoms with Gasteiger partial charge in [-0.2, -0.15) is 0 Å². The second-order valence-electron chi connectivity index (χ2n) is 15.9. The number of hydrogen-bond acceptors (Lipinski definition) is 4. The zero-order chi connectivity index (χ0) is 40.0. The number of aromatic nitrogens is 5. The zero-order valence-electron chi connectivity index (χ0n) is 33.0. The van der Waals surface area contributed by atoms with E-state index in [4.69, 9.17) is 19.4 Å².